The van der Waals surface area contributed by atoms with E-state index in [2.05, 4.69) is 5.32 Å². The summed E-state index contributed by atoms with van der Waals surface area (Å²) >= 11 is 0.968. The average molecular weight is 375 g/mol. The molecule has 1 saturated heterocycles. The van der Waals surface area contributed by atoms with Crippen molar-refractivity contribution < 1.29 is 28.6 Å². The second-order valence-electron chi connectivity index (χ2n) is 5.66. The van der Waals surface area contributed by atoms with Gasteiger partial charge < -0.3 is 9.84 Å². The monoisotopic (exact) mass is 375 g/mol. The number of aliphatic carboxylic acids is 1. The number of carboxylic acid groups (broad SMARTS) is 1. The minimum atomic E-state index is -1.11. The number of hydrogen-bond donors (Lipinski definition) is 2. The van der Waals surface area contributed by atoms with Gasteiger partial charge in [0.15, 0.2) is 0 Å². The first-order chi connectivity index (χ1) is 12.4. The predicted molar refractivity (Wildman–Crippen MR) is 92.9 cm³/mol. The zero-order valence-electron chi connectivity index (χ0n) is 13.4. The van der Waals surface area contributed by atoms with Crippen molar-refractivity contribution in [3.8, 4) is 11.5 Å². The Kier molecular flexibility index (Phi) is 5.22. The quantitative estimate of drug-likeness (QED) is 0.806. The lowest BCUT2D eigenvalue weighted by atomic mass is 10.1. The molecule has 2 aromatic carbocycles. The molecule has 1 heterocycles. The minimum absolute atomic E-state index is 0.0853. The summed E-state index contributed by atoms with van der Waals surface area (Å²) in [6, 6.07) is 10.9. The lowest BCUT2D eigenvalue weighted by Gasteiger charge is -2.09. The first-order valence-corrected chi connectivity index (χ1v) is 8.57. The molecule has 0 aromatic heterocycles. The second kappa shape index (κ2) is 7.57. The smallest absolute Gasteiger partial charge is 0.307 e. The standard InChI is InChI=1S/C18H14FNO5S/c19-14-9-13(6-3-11(14)8-16(21)22)25-12-4-1-10(2-5-12)7-15-17(23)20-18(24)26-15/h1-6,9,15H,7-8H2,(H,21,22)(H,20,23,24). The van der Waals surface area contributed by atoms with Gasteiger partial charge in [0, 0.05) is 6.07 Å². The number of nitrogens with one attached hydrogen (secondary N) is 1. The van der Waals surface area contributed by atoms with Crippen molar-refractivity contribution in [3.63, 3.8) is 0 Å². The molecular weight excluding hydrogens is 361 g/mol. The fourth-order valence-electron chi connectivity index (χ4n) is 2.47. The highest BCUT2D eigenvalue weighted by molar-refractivity contribution is 8.15. The summed E-state index contributed by atoms with van der Waals surface area (Å²) in [5.41, 5.74) is 0.949. The Balaban J connectivity index is 1.64. The van der Waals surface area contributed by atoms with E-state index in [0.29, 0.717) is 12.2 Å². The molecule has 2 amide bonds. The van der Waals surface area contributed by atoms with E-state index in [0.717, 1.165) is 23.4 Å². The number of carboxylic acids is 1. The number of imide groups is 1. The van der Waals surface area contributed by atoms with E-state index < -0.39 is 23.5 Å². The topological polar surface area (TPSA) is 92.7 Å². The molecule has 134 valence electrons. The molecule has 6 nitrogen and oxygen atoms in total. The lowest BCUT2D eigenvalue weighted by Crippen LogP contribution is -2.25. The van der Waals surface area contributed by atoms with Crippen LogP contribution in [0.25, 0.3) is 0 Å². The highest BCUT2D eigenvalue weighted by Crippen LogP contribution is 2.26. The van der Waals surface area contributed by atoms with Gasteiger partial charge in [-0.15, -0.1) is 0 Å². The number of benzene rings is 2. The summed E-state index contributed by atoms with van der Waals surface area (Å²) in [6.45, 7) is 0. The van der Waals surface area contributed by atoms with Crippen LogP contribution < -0.4 is 10.1 Å². The molecule has 0 saturated carbocycles. The number of rotatable bonds is 6. The predicted octanol–water partition coefficient (Wildman–Crippen LogP) is 3.14. The molecule has 0 aliphatic carbocycles. The normalized spacial score (nSPS) is 16.4. The van der Waals surface area contributed by atoms with Gasteiger partial charge in [-0.05, 0) is 35.7 Å². The first kappa shape index (κ1) is 17.9. The molecule has 0 radical (unpaired) electrons. The van der Waals surface area contributed by atoms with Crippen molar-refractivity contribution in [2.45, 2.75) is 18.1 Å². The summed E-state index contributed by atoms with van der Waals surface area (Å²) in [4.78, 5) is 33.4. The molecule has 1 aliphatic rings. The van der Waals surface area contributed by atoms with Crippen LogP contribution in [0, 0.1) is 5.82 Å². The van der Waals surface area contributed by atoms with Crippen molar-refractivity contribution in [1.29, 1.82) is 0 Å². The van der Waals surface area contributed by atoms with E-state index in [1.54, 1.807) is 24.3 Å². The van der Waals surface area contributed by atoms with Crippen LogP contribution in [-0.2, 0) is 22.4 Å². The van der Waals surface area contributed by atoms with Crippen molar-refractivity contribution >= 4 is 28.9 Å². The highest BCUT2D eigenvalue weighted by Gasteiger charge is 2.31. The number of amides is 2. The van der Waals surface area contributed by atoms with Crippen LogP contribution in [-0.4, -0.2) is 27.5 Å². The van der Waals surface area contributed by atoms with Gasteiger partial charge in [-0.2, -0.15) is 0 Å². The van der Waals surface area contributed by atoms with E-state index >= 15 is 0 Å². The summed E-state index contributed by atoms with van der Waals surface area (Å²) in [7, 11) is 0. The van der Waals surface area contributed by atoms with Crippen LogP contribution in [0.1, 0.15) is 11.1 Å². The maximum Gasteiger partial charge on any atom is 0.307 e. The number of ether oxygens (including phenoxy) is 1. The second-order valence-corrected chi connectivity index (χ2v) is 6.83. The number of carbonyl (C=O) groups excluding carboxylic acids is 2. The van der Waals surface area contributed by atoms with Gasteiger partial charge in [0.25, 0.3) is 5.24 Å². The molecule has 8 heteroatoms. The molecule has 1 fully saturated rings. The Labute approximate surface area is 152 Å². The van der Waals surface area contributed by atoms with E-state index in [4.69, 9.17) is 9.84 Å². The Bertz CT molecular complexity index is 868. The first-order valence-electron chi connectivity index (χ1n) is 7.69. The van der Waals surface area contributed by atoms with E-state index in [1.807, 2.05) is 0 Å². The van der Waals surface area contributed by atoms with Crippen LogP contribution in [0.15, 0.2) is 42.5 Å². The molecule has 1 atom stereocenters. The van der Waals surface area contributed by atoms with Crippen molar-refractivity contribution in [2.75, 3.05) is 0 Å². The van der Waals surface area contributed by atoms with Gasteiger partial charge in [0.05, 0.1) is 11.7 Å². The van der Waals surface area contributed by atoms with Gasteiger partial charge in [-0.1, -0.05) is 30.0 Å². The lowest BCUT2D eigenvalue weighted by molar-refractivity contribution is -0.136. The maximum atomic E-state index is 13.9. The molecule has 2 N–H and O–H groups in total. The van der Waals surface area contributed by atoms with Gasteiger partial charge in [-0.3, -0.25) is 19.7 Å². The third-order valence-corrected chi connectivity index (χ3v) is 4.69. The number of thioether (sulfide) groups is 1. The third kappa shape index (κ3) is 4.40. The molecular formula is C18H14FNO5S. The van der Waals surface area contributed by atoms with E-state index in [9.17, 15) is 18.8 Å². The van der Waals surface area contributed by atoms with Crippen LogP contribution >= 0.6 is 11.8 Å². The Morgan fingerprint density at radius 2 is 1.85 bits per heavy atom. The largest absolute Gasteiger partial charge is 0.481 e. The van der Waals surface area contributed by atoms with Crippen LogP contribution in [0.3, 0.4) is 0 Å². The van der Waals surface area contributed by atoms with E-state index in [-0.39, 0.29) is 22.5 Å². The summed E-state index contributed by atoms with van der Waals surface area (Å²) in [5.74, 6) is -1.32. The molecule has 3 rings (SSSR count). The Hall–Kier alpha value is -2.87. The average Bonchev–Trinajstić information content (AvgIpc) is 2.89. The molecule has 0 spiro atoms. The van der Waals surface area contributed by atoms with Crippen LogP contribution in [0.4, 0.5) is 9.18 Å². The van der Waals surface area contributed by atoms with Gasteiger partial charge in [-0.25, -0.2) is 4.39 Å². The fraction of sp³-hybridized carbons (Fsp3) is 0.167. The molecule has 1 aliphatic heterocycles. The number of halogens is 1. The Morgan fingerprint density at radius 1 is 1.15 bits per heavy atom. The van der Waals surface area contributed by atoms with Gasteiger partial charge in [0.1, 0.15) is 17.3 Å². The van der Waals surface area contributed by atoms with Crippen LogP contribution in [0.2, 0.25) is 0 Å². The zero-order chi connectivity index (χ0) is 18.7. The SMILES string of the molecule is O=C(O)Cc1ccc(Oc2ccc(CC3SC(=O)NC3=O)cc2)cc1F. The summed E-state index contributed by atoms with van der Waals surface area (Å²) < 4.78 is 19.4. The minimum Gasteiger partial charge on any atom is -0.481 e. The summed E-state index contributed by atoms with van der Waals surface area (Å²) in [6.07, 6.45) is 0.0249. The van der Waals surface area contributed by atoms with Gasteiger partial charge in [0.2, 0.25) is 5.91 Å². The van der Waals surface area contributed by atoms with E-state index in [1.165, 1.54) is 12.1 Å². The zero-order valence-corrected chi connectivity index (χ0v) is 14.2. The molecule has 1 unspecified atom stereocenters. The fourth-order valence-corrected chi connectivity index (χ4v) is 3.33. The van der Waals surface area contributed by atoms with Crippen molar-refractivity contribution in [2.24, 2.45) is 0 Å². The van der Waals surface area contributed by atoms with Gasteiger partial charge >= 0.3 is 5.97 Å². The van der Waals surface area contributed by atoms with Crippen molar-refractivity contribution in [1.82, 2.24) is 5.32 Å². The Morgan fingerprint density at radius 3 is 2.42 bits per heavy atom. The highest BCUT2D eigenvalue weighted by atomic mass is 32.2. The third-order valence-electron chi connectivity index (χ3n) is 3.71. The van der Waals surface area contributed by atoms with Crippen LogP contribution in [0.5, 0.6) is 11.5 Å². The molecule has 0 bridgehead atoms. The molecule has 26 heavy (non-hydrogen) atoms. The number of hydrogen-bond acceptors (Lipinski definition) is 5. The maximum absolute atomic E-state index is 13.9. The molecule has 2 aromatic rings. The number of carbonyl (C=O) groups is 3. The van der Waals surface area contributed by atoms with Crippen molar-refractivity contribution in [3.05, 3.63) is 59.4 Å². The summed E-state index contributed by atoms with van der Waals surface area (Å²) in [5, 5.41) is 10.2.